The Labute approximate surface area is 95.4 Å². The van der Waals surface area contributed by atoms with Crippen LogP contribution in [0.15, 0.2) is 40.9 Å². The molecule has 1 aromatic carbocycles. The number of benzene rings is 1. The van der Waals surface area contributed by atoms with Crippen LogP contribution in [-0.4, -0.2) is 10.1 Å². The summed E-state index contributed by atoms with van der Waals surface area (Å²) in [6, 6.07) is 12.3. The molecule has 3 aromatic rings. The van der Waals surface area contributed by atoms with E-state index in [4.69, 9.17) is 4.52 Å². The maximum Gasteiger partial charge on any atom is 0.268 e. The van der Waals surface area contributed by atoms with Crippen LogP contribution in [0.3, 0.4) is 0 Å². The second-order valence-electron chi connectivity index (χ2n) is 3.66. The van der Waals surface area contributed by atoms with Crippen molar-refractivity contribution in [3.63, 3.8) is 0 Å². The van der Waals surface area contributed by atoms with E-state index >= 15 is 0 Å². The minimum Gasteiger partial charge on any atom is -0.333 e. The molecule has 16 heavy (non-hydrogen) atoms. The van der Waals surface area contributed by atoms with E-state index in [2.05, 4.69) is 28.3 Å². The normalized spacial score (nSPS) is 11.8. The van der Waals surface area contributed by atoms with Gasteiger partial charge in [0.05, 0.1) is 4.88 Å². The van der Waals surface area contributed by atoms with Crippen LogP contribution in [0, 0.1) is 0 Å². The lowest BCUT2D eigenvalue weighted by atomic mass is 10.1. The minimum atomic E-state index is 0.605. The lowest BCUT2D eigenvalue weighted by Crippen LogP contribution is -1.81. The largest absolute Gasteiger partial charge is 0.333 e. The summed E-state index contributed by atoms with van der Waals surface area (Å²) < 4.78 is 5.25. The Balaban J connectivity index is 2.17. The molecule has 0 saturated carbocycles. The monoisotopic (exact) mass is 226 g/mol. The molecular weight excluding hydrogens is 220 g/mol. The van der Waals surface area contributed by atoms with Gasteiger partial charge in [-0.25, -0.2) is 0 Å². The van der Waals surface area contributed by atoms with Gasteiger partial charge in [0.25, 0.3) is 5.89 Å². The molecule has 2 aromatic heterocycles. The predicted molar refractivity (Wildman–Crippen MR) is 62.0 cm³/mol. The molecule has 3 nitrogen and oxygen atoms in total. The van der Waals surface area contributed by atoms with Crippen LogP contribution in [-0.2, 0) is 0 Å². The van der Waals surface area contributed by atoms with Crippen molar-refractivity contribution in [2.45, 2.75) is 0 Å². The number of hydrogen-bond acceptors (Lipinski definition) is 4. The third kappa shape index (κ3) is 1.02. The fourth-order valence-corrected chi connectivity index (χ4v) is 2.77. The Hall–Kier alpha value is -1.94. The first-order chi connectivity index (χ1) is 7.90. The van der Waals surface area contributed by atoms with Gasteiger partial charge in [-0.15, -0.1) is 11.3 Å². The van der Waals surface area contributed by atoms with E-state index in [-0.39, 0.29) is 0 Å². The Morgan fingerprint density at radius 2 is 1.62 bits per heavy atom. The minimum absolute atomic E-state index is 0.605. The fourth-order valence-electron chi connectivity index (χ4n) is 1.83. The SMILES string of the molecule is c1cc2ccc1-c1noc(n1)-c1ccc-2s1. The van der Waals surface area contributed by atoms with Crippen molar-refractivity contribution in [3.05, 3.63) is 36.4 Å². The summed E-state index contributed by atoms with van der Waals surface area (Å²) in [5.41, 5.74) is 2.22. The van der Waals surface area contributed by atoms with E-state index in [1.54, 1.807) is 11.3 Å². The van der Waals surface area contributed by atoms with Crippen LogP contribution in [0.2, 0.25) is 0 Å². The van der Waals surface area contributed by atoms with E-state index in [0.29, 0.717) is 11.7 Å². The predicted octanol–water partition coefficient (Wildman–Crippen LogP) is 3.45. The molecule has 0 atom stereocenters. The zero-order valence-electron chi connectivity index (χ0n) is 8.18. The van der Waals surface area contributed by atoms with E-state index in [0.717, 1.165) is 10.4 Å². The van der Waals surface area contributed by atoms with Gasteiger partial charge in [0.15, 0.2) is 0 Å². The van der Waals surface area contributed by atoms with Gasteiger partial charge in [-0.05, 0) is 17.7 Å². The molecule has 0 amide bonds. The second kappa shape index (κ2) is 2.80. The van der Waals surface area contributed by atoms with Gasteiger partial charge in [-0.3, -0.25) is 0 Å². The Kier molecular flexibility index (Phi) is 1.44. The molecule has 0 aliphatic carbocycles. The molecule has 0 spiro atoms. The van der Waals surface area contributed by atoms with E-state index in [1.165, 1.54) is 10.4 Å². The third-order valence-corrected chi connectivity index (χ3v) is 3.79. The van der Waals surface area contributed by atoms with Crippen molar-refractivity contribution in [1.29, 1.82) is 0 Å². The standard InChI is InChI=1S/C12H6N2OS/c1-3-8-4-2-7(1)9-5-6-10(16-9)12-13-11(8)14-15-12/h1-6H. The van der Waals surface area contributed by atoms with Gasteiger partial charge in [0.2, 0.25) is 5.82 Å². The Bertz CT molecular complexity index is 607. The van der Waals surface area contributed by atoms with E-state index in [1.807, 2.05) is 18.2 Å². The number of hydrogen-bond donors (Lipinski definition) is 0. The zero-order chi connectivity index (χ0) is 10.5. The summed E-state index contributed by atoms with van der Waals surface area (Å²) >= 11 is 1.67. The van der Waals surface area contributed by atoms with Gasteiger partial charge < -0.3 is 4.52 Å². The summed E-state index contributed by atoms with van der Waals surface area (Å²) in [4.78, 5) is 6.63. The first-order valence-electron chi connectivity index (χ1n) is 4.95. The van der Waals surface area contributed by atoms with Gasteiger partial charge in [0.1, 0.15) is 0 Å². The highest BCUT2D eigenvalue weighted by Gasteiger charge is 2.15. The number of thiophene rings is 1. The van der Waals surface area contributed by atoms with Crippen LogP contribution in [0.5, 0.6) is 0 Å². The summed E-state index contributed by atoms with van der Waals surface area (Å²) in [6.45, 7) is 0. The van der Waals surface area contributed by atoms with Gasteiger partial charge >= 0.3 is 0 Å². The molecule has 2 aliphatic heterocycles. The highest BCUT2D eigenvalue weighted by molar-refractivity contribution is 7.18. The zero-order valence-corrected chi connectivity index (χ0v) is 8.99. The maximum absolute atomic E-state index is 5.25. The quantitative estimate of drug-likeness (QED) is 0.461. The van der Waals surface area contributed by atoms with Crippen LogP contribution in [0.1, 0.15) is 0 Å². The summed E-state index contributed by atoms with van der Waals surface area (Å²) in [6.07, 6.45) is 0. The first-order valence-corrected chi connectivity index (χ1v) is 5.76. The van der Waals surface area contributed by atoms with E-state index < -0.39 is 0 Å². The van der Waals surface area contributed by atoms with Gasteiger partial charge in [-0.2, -0.15) is 4.98 Å². The van der Waals surface area contributed by atoms with Crippen molar-refractivity contribution < 1.29 is 4.52 Å². The first kappa shape index (κ1) is 8.24. The van der Waals surface area contributed by atoms with Crippen molar-refractivity contribution in [2.24, 2.45) is 0 Å². The highest BCUT2D eigenvalue weighted by atomic mass is 32.1. The van der Waals surface area contributed by atoms with Crippen molar-refractivity contribution in [1.82, 2.24) is 10.1 Å². The van der Waals surface area contributed by atoms with Crippen LogP contribution < -0.4 is 0 Å². The topological polar surface area (TPSA) is 38.9 Å². The molecule has 76 valence electrons. The molecular formula is C12H6N2OS. The third-order valence-electron chi connectivity index (χ3n) is 2.67. The molecule has 2 aliphatic rings. The average molecular weight is 226 g/mol. The smallest absolute Gasteiger partial charge is 0.268 e. The molecule has 6 bridgehead atoms. The van der Waals surface area contributed by atoms with Gasteiger partial charge in [0, 0.05) is 10.4 Å². The summed E-state index contributed by atoms with van der Waals surface area (Å²) in [5.74, 6) is 1.26. The lowest BCUT2D eigenvalue weighted by Gasteiger charge is -1.99. The van der Waals surface area contributed by atoms with Crippen LogP contribution in [0.4, 0.5) is 0 Å². The summed E-state index contributed by atoms with van der Waals surface area (Å²) in [5, 5.41) is 3.98. The lowest BCUT2D eigenvalue weighted by molar-refractivity contribution is 0.433. The van der Waals surface area contributed by atoms with E-state index in [9.17, 15) is 0 Å². The average Bonchev–Trinajstić information content (AvgIpc) is 2.96. The maximum atomic E-state index is 5.25. The molecule has 0 N–H and O–H groups in total. The molecule has 0 radical (unpaired) electrons. The van der Waals surface area contributed by atoms with Gasteiger partial charge in [-0.1, -0.05) is 29.4 Å². The molecule has 4 heterocycles. The highest BCUT2D eigenvalue weighted by Crippen LogP contribution is 2.36. The van der Waals surface area contributed by atoms with Crippen LogP contribution >= 0.6 is 11.3 Å². The molecule has 0 saturated heterocycles. The molecule has 0 unspecified atom stereocenters. The van der Waals surface area contributed by atoms with Crippen molar-refractivity contribution >= 4 is 11.3 Å². The number of rotatable bonds is 0. The number of fused-ring (bicyclic) bond motifs is 2. The van der Waals surface area contributed by atoms with Crippen molar-refractivity contribution in [2.75, 3.05) is 0 Å². The Morgan fingerprint density at radius 3 is 2.50 bits per heavy atom. The molecule has 0 fully saturated rings. The Morgan fingerprint density at radius 1 is 0.875 bits per heavy atom. The fraction of sp³-hybridized carbons (Fsp3) is 0. The molecule has 5 rings (SSSR count). The van der Waals surface area contributed by atoms with Crippen molar-refractivity contribution in [3.8, 4) is 32.6 Å². The number of aromatic nitrogens is 2. The number of nitrogens with zero attached hydrogens (tertiary/aromatic N) is 2. The van der Waals surface area contributed by atoms with Crippen LogP contribution in [0.25, 0.3) is 32.6 Å². The summed E-state index contributed by atoms with van der Waals surface area (Å²) in [7, 11) is 0. The second-order valence-corrected chi connectivity index (χ2v) is 4.75. The molecule has 4 heteroatoms.